The number of nitrogens with two attached hydrogens (primary N) is 1. The molecule has 6 heteroatoms. The minimum Gasteiger partial charge on any atom is -0.397 e. The summed E-state index contributed by atoms with van der Waals surface area (Å²) in [5.74, 6) is -0.0460. The normalized spacial score (nSPS) is 18.6. The second-order valence-corrected chi connectivity index (χ2v) is 6.41. The number of likely N-dealkylation sites (N-methyl/N-ethyl adjacent to an activating group) is 1. The third-order valence-corrected chi connectivity index (χ3v) is 5.05. The largest absolute Gasteiger partial charge is 0.397 e. The third kappa shape index (κ3) is 2.26. The van der Waals surface area contributed by atoms with Crippen molar-refractivity contribution in [1.82, 2.24) is 4.90 Å². The average Bonchev–Trinajstić information content (AvgIpc) is 3.05. The molecule has 0 radical (unpaired) electrons. The fraction of sp³-hybridized carbons (Fsp3) is 0.357. The van der Waals surface area contributed by atoms with Crippen molar-refractivity contribution in [2.45, 2.75) is 12.5 Å². The van der Waals surface area contributed by atoms with E-state index < -0.39 is 0 Å². The molecule has 1 aromatic carbocycles. The fourth-order valence-corrected chi connectivity index (χ4v) is 3.78. The second-order valence-electron chi connectivity index (χ2n) is 4.92. The number of carbonyl (C=O) groups excluding carboxylic acids is 1. The number of halogens is 1. The van der Waals surface area contributed by atoms with Crippen LogP contribution in [0.2, 0.25) is 5.02 Å². The Labute approximate surface area is 126 Å². The summed E-state index contributed by atoms with van der Waals surface area (Å²) < 4.78 is 6.27. The van der Waals surface area contributed by atoms with Gasteiger partial charge < -0.3 is 15.4 Å². The highest BCUT2D eigenvalue weighted by Crippen LogP contribution is 2.36. The zero-order chi connectivity index (χ0) is 14.3. The van der Waals surface area contributed by atoms with Crippen LogP contribution in [0.5, 0.6) is 0 Å². The van der Waals surface area contributed by atoms with Crippen LogP contribution in [0.3, 0.4) is 0 Å². The Kier molecular flexibility index (Phi) is 3.58. The molecular weight excluding hydrogens is 296 g/mol. The summed E-state index contributed by atoms with van der Waals surface area (Å²) >= 11 is 7.37. The minimum atomic E-state index is -0.0460. The summed E-state index contributed by atoms with van der Waals surface area (Å²) in [6.45, 7) is 1.30. The number of anilines is 1. The van der Waals surface area contributed by atoms with E-state index in [1.54, 1.807) is 18.0 Å². The highest BCUT2D eigenvalue weighted by atomic mass is 35.5. The van der Waals surface area contributed by atoms with Gasteiger partial charge in [-0.3, -0.25) is 4.79 Å². The lowest BCUT2D eigenvalue weighted by Crippen LogP contribution is -2.37. The standard InChI is InChI=1S/C14H15ClN2O2S/c1-17(9-4-5-19-7-9)14(18)13-12(16)10-3-2-8(15)6-11(10)20-13/h2-3,6,9H,4-5,7,16H2,1H3. The molecule has 20 heavy (non-hydrogen) atoms. The van der Waals surface area contributed by atoms with Crippen LogP contribution in [0.15, 0.2) is 18.2 Å². The van der Waals surface area contributed by atoms with E-state index in [-0.39, 0.29) is 11.9 Å². The second kappa shape index (κ2) is 5.24. The van der Waals surface area contributed by atoms with Crippen LogP contribution in [0, 0.1) is 0 Å². The van der Waals surface area contributed by atoms with Crippen LogP contribution >= 0.6 is 22.9 Å². The lowest BCUT2D eigenvalue weighted by atomic mass is 10.2. The predicted octanol–water partition coefficient (Wildman–Crippen LogP) is 3.00. The number of ether oxygens (including phenoxy) is 1. The van der Waals surface area contributed by atoms with E-state index in [0.29, 0.717) is 28.8 Å². The van der Waals surface area contributed by atoms with E-state index in [9.17, 15) is 4.79 Å². The molecule has 1 saturated heterocycles. The summed E-state index contributed by atoms with van der Waals surface area (Å²) in [6.07, 6.45) is 0.874. The van der Waals surface area contributed by atoms with Crippen LogP contribution in [0.4, 0.5) is 5.69 Å². The maximum absolute atomic E-state index is 12.6. The van der Waals surface area contributed by atoms with Gasteiger partial charge in [-0.1, -0.05) is 11.6 Å². The topological polar surface area (TPSA) is 55.6 Å². The van der Waals surface area contributed by atoms with Crippen molar-refractivity contribution in [3.05, 3.63) is 28.1 Å². The number of amides is 1. The third-order valence-electron chi connectivity index (χ3n) is 3.66. The number of nitrogen functional groups attached to an aromatic ring is 1. The van der Waals surface area contributed by atoms with Crippen LogP contribution in [-0.4, -0.2) is 37.1 Å². The first-order chi connectivity index (χ1) is 9.58. The van der Waals surface area contributed by atoms with Gasteiger partial charge in [-0.25, -0.2) is 0 Å². The molecular formula is C14H15ClN2O2S. The molecule has 1 unspecified atom stereocenters. The number of hydrogen-bond donors (Lipinski definition) is 1. The zero-order valence-corrected chi connectivity index (χ0v) is 12.6. The molecule has 1 fully saturated rings. The van der Waals surface area contributed by atoms with Gasteiger partial charge in [0.1, 0.15) is 4.88 Å². The quantitative estimate of drug-likeness (QED) is 0.927. The Morgan fingerprint density at radius 2 is 2.35 bits per heavy atom. The van der Waals surface area contributed by atoms with E-state index in [2.05, 4.69) is 0 Å². The van der Waals surface area contributed by atoms with E-state index in [1.165, 1.54) is 11.3 Å². The van der Waals surface area contributed by atoms with Gasteiger partial charge >= 0.3 is 0 Å². The molecule has 4 nitrogen and oxygen atoms in total. The lowest BCUT2D eigenvalue weighted by molar-refractivity contribution is 0.0717. The number of benzene rings is 1. The summed E-state index contributed by atoms with van der Waals surface area (Å²) in [7, 11) is 1.80. The summed E-state index contributed by atoms with van der Waals surface area (Å²) in [5, 5.41) is 1.54. The van der Waals surface area contributed by atoms with Crippen molar-refractivity contribution in [2.75, 3.05) is 26.0 Å². The molecule has 2 heterocycles. The number of thiophene rings is 1. The molecule has 1 aromatic heterocycles. The van der Waals surface area contributed by atoms with Crippen molar-refractivity contribution in [3.8, 4) is 0 Å². The smallest absolute Gasteiger partial charge is 0.266 e. The van der Waals surface area contributed by atoms with E-state index >= 15 is 0 Å². The van der Waals surface area contributed by atoms with Gasteiger partial charge in [0, 0.05) is 28.8 Å². The molecule has 2 aromatic rings. The van der Waals surface area contributed by atoms with Crippen molar-refractivity contribution in [2.24, 2.45) is 0 Å². The number of carbonyl (C=O) groups is 1. The molecule has 1 aliphatic rings. The Morgan fingerprint density at radius 1 is 1.55 bits per heavy atom. The summed E-state index contributed by atoms with van der Waals surface area (Å²) in [4.78, 5) is 14.9. The average molecular weight is 311 g/mol. The number of rotatable bonds is 2. The van der Waals surface area contributed by atoms with Crippen molar-refractivity contribution < 1.29 is 9.53 Å². The highest BCUT2D eigenvalue weighted by Gasteiger charge is 2.27. The Bertz CT molecular complexity index is 664. The van der Waals surface area contributed by atoms with E-state index in [1.807, 2.05) is 12.1 Å². The molecule has 106 valence electrons. The zero-order valence-electron chi connectivity index (χ0n) is 11.1. The minimum absolute atomic E-state index is 0.0460. The maximum atomic E-state index is 12.6. The molecule has 0 saturated carbocycles. The SMILES string of the molecule is CN(C(=O)c1sc2cc(Cl)ccc2c1N)C1CCOC1. The van der Waals surface area contributed by atoms with Gasteiger partial charge in [0.15, 0.2) is 0 Å². The first kappa shape index (κ1) is 13.7. The van der Waals surface area contributed by atoms with Crippen LogP contribution in [0.25, 0.3) is 10.1 Å². The van der Waals surface area contributed by atoms with Crippen LogP contribution < -0.4 is 5.73 Å². The van der Waals surface area contributed by atoms with Gasteiger partial charge in [-0.2, -0.15) is 0 Å². The molecule has 3 rings (SSSR count). The summed E-state index contributed by atoms with van der Waals surface area (Å²) in [5.41, 5.74) is 6.65. The monoisotopic (exact) mass is 310 g/mol. The van der Waals surface area contributed by atoms with E-state index in [4.69, 9.17) is 22.1 Å². The van der Waals surface area contributed by atoms with Gasteiger partial charge in [0.05, 0.1) is 18.3 Å². The fourth-order valence-electron chi connectivity index (χ4n) is 2.40. The van der Waals surface area contributed by atoms with Crippen molar-refractivity contribution in [3.63, 3.8) is 0 Å². The van der Waals surface area contributed by atoms with Crippen molar-refractivity contribution in [1.29, 1.82) is 0 Å². The van der Waals surface area contributed by atoms with Crippen molar-refractivity contribution >= 4 is 44.6 Å². The number of fused-ring (bicyclic) bond motifs is 1. The molecule has 1 amide bonds. The van der Waals surface area contributed by atoms with Gasteiger partial charge in [-0.15, -0.1) is 11.3 Å². The van der Waals surface area contributed by atoms with Gasteiger partial charge in [-0.05, 0) is 24.6 Å². The Balaban J connectivity index is 1.96. The van der Waals surface area contributed by atoms with Gasteiger partial charge in [0.2, 0.25) is 0 Å². The Morgan fingerprint density at radius 3 is 3.05 bits per heavy atom. The molecule has 0 aliphatic carbocycles. The van der Waals surface area contributed by atoms with E-state index in [0.717, 1.165) is 16.5 Å². The molecule has 1 aliphatic heterocycles. The van der Waals surface area contributed by atoms with Crippen LogP contribution in [0.1, 0.15) is 16.1 Å². The maximum Gasteiger partial charge on any atom is 0.266 e. The number of hydrogen-bond acceptors (Lipinski definition) is 4. The molecule has 1 atom stereocenters. The van der Waals surface area contributed by atoms with Crippen LogP contribution in [-0.2, 0) is 4.74 Å². The first-order valence-electron chi connectivity index (χ1n) is 6.40. The number of nitrogens with zero attached hydrogens (tertiary/aromatic N) is 1. The molecule has 2 N–H and O–H groups in total. The Hall–Kier alpha value is -1.30. The molecule has 0 bridgehead atoms. The highest BCUT2D eigenvalue weighted by molar-refractivity contribution is 7.21. The lowest BCUT2D eigenvalue weighted by Gasteiger charge is -2.22. The first-order valence-corrected chi connectivity index (χ1v) is 7.60. The van der Waals surface area contributed by atoms with Gasteiger partial charge in [0.25, 0.3) is 5.91 Å². The predicted molar refractivity (Wildman–Crippen MR) is 82.6 cm³/mol. The summed E-state index contributed by atoms with van der Waals surface area (Å²) in [6, 6.07) is 5.62. The molecule has 0 spiro atoms.